The van der Waals surface area contributed by atoms with Gasteiger partial charge in [-0.15, -0.1) is 0 Å². The molecule has 0 radical (unpaired) electrons. The maximum atomic E-state index is 12.5. The molecule has 0 aliphatic carbocycles. The Morgan fingerprint density at radius 3 is 2.74 bits per heavy atom. The van der Waals surface area contributed by atoms with Crippen molar-refractivity contribution in [2.24, 2.45) is 5.92 Å². The van der Waals surface area contributed by atoms with Crippen molar-refractivity contribution in [3.63, 3.8) is 0 Å². The molecule has 2 rings (SSSR count). The number of hydrogen-bond acceptors (Lipinski definition) is 4. The second-order valence-electron chi connectivity index (χ2n) is 6.46. The number of amides is 1. The van der Waals surface area contributed by atoms with Crippen molar-refractivity contribution in [3.8, 4) is 0 Å². The Labute approximate surface area is 134 Å². The zero-order chi connectivity index (χ0) is 17.0. The van der Waals surface area contributed by atoms with Gasteiger partial charge < -0.3 is 20.1 Å². The normalized spacial score (nSPS) is 20.7. The fourth-order valence-corrected chi connectivity index (χ4v) is 2.77. The van der Waals surface area contributed by atoms with Gasteiger partial charge in [-0.1, -0.05) is 13.8 Å². The van der Waals surface area contributed by atoms with Gasteiger partial charge in [-0.25, -0.2) is 0 Å². The van der Waals surface area contributed by atoms with Crippen LogP contribution in [0.15, 0.2) is 16.9 Å². The molecule has 0 spiro atoms. The van der Waals surface area contributed by atoms with Crippen LogP contribution in [0.4, 0.5) is 0 Å². The molecule has 7 nitrogen and oxygen atoms in total. The summed E-state index contributed by atoms with van der Waals surface area (Å²) in [6, 6.07) is 2.87. The summed E-state index contributed by atoms with van der Waals surface area (Å²) in [4.78, 5) is 38.0. The molecule has 0 aromatic carbocycles. The number of carbonyl (C=O) groups excluding carboxylic acids is 1. The van der Waals surface area contributed by atoms with Gasteiger partial charge in [-0.2, -0.15) is 0 Å². The number of aliphatic carboxylic acids is 1. The Bertz CT molecular complexity index is 644. The monoisotopic (exact) mass is 322 g/mol. The average molecular weight is 322 g/mol. The van der Waals surface area contributed by atoms with Crippen LogP contribution in [0, 0.1) is 5.92 Å². The second kappa shape index (κ2) is 6.95. The molecule has 1 aliphatic rings. The highest BCUT2D eigenvalue weighted by atomic mass is 16.5. The van der Waals surface area contributed by atoms with Gasteiger partial charge in [0.1, 0.15) is 0 Å². The number of carbonyl (C=O) groups is 2. The molecule has 23 heavy (non-hydrogen) atoms. The number of aromatic nitrogens is 1. The maximum Gasteiger partial charge on any atom is 0.305 e. The minimum absolute atomic E-state index is 0.160. The van der Waals surface area contributed by atoms with E-state index in [1.165, 1.54) is 6.07 Å². The first-order valence-electron chi connectivity index (χ1n) is 7.65. The Hall–Kier alpha value is -2.15. The predicted molar refractivity (Wildman–Crippen MR) is 83.5 cm³/mol. The highest BCUT2D eigenvalue weighted by Crippen LogP contribution is 2.23. The minimum atomic E-state index is -0.998. The highest BCUT2D eigenvalue weighted by Gasteiger charge is 2.38. The van der Waals surface area contributed by atoms with E-state index in [1.54, 1.807) is 6.07 Å². The third kappa shape index (κ3) is 4.66. The maximum absolute atomic E-state index is 12.5. The lowest BCUT2D eigenvalue weighted by molar-refractivity contribution is -0.138. The molecule has 1 amide bonds. The molecule has 1 saturated heterocycles. The van der Waals surface area contributed by atoms with Crippen molar-refractivity contribution < 1.29 is 19.4 Å². The van der Waals surface area contributed by atoms with Crippen LogP contribution in [0.25, 0.3) is 0 Å². The SMILES string of the molecule is CC(C)Cc1cc(C(=O)NC2(CC(=O)O)CCOC2)cc(=O)[nH]1. The van der Waals surface area contributed by atoms with Crippen molar-refractivity contribution >= 4 is 11.9 Å². The summed E-state index contributed by atoms with van der Waals surface area (Å²) in [7, 11) is 0. The predicted octanol–water partition coefficient (Wildman–Crippen LogP) is 0.937. The van der Waals surface area contributed by atoms with E-state index in [1.807, 2.05) is 13.8 Å². The minimum Gasteiger partial charge on any atom is -0.481 e. The summed E-state index contributed by atoms with van der Waals surface area (Å²) < 4.78 is 5.25. The molecule has 1 atom stereocenters. The zero-order valence-corrected chi connectivity index (χ0v) is 13.3. The number of hydrogen-bond donors (Lipinski definition) is 3. The van der Waals surface area contributed by atoms with Crippen LogP contribution in [0.5, 0.6) is 0 Å². The second-order valence-corrected chi connectivity index (χ2v) is 6.46. The lowest BCUT2D eigenvalue weighted by Crippen LogP contribution is -2.50. The first kappa shape index (κ1) is 17.2. The number of H-pyrrole nitrogens is 1. The Morgan fingerprint density at radius 1 is 1.43 bits per heavy atom. The molecule has 7 heteroatoms. The smallest absolute Gasteiger partial charge is 0.305 e. The van der Waals surface area contributed by atoms with Gasteiger partial charge in [0.15, 0.2) is 0 Å². The van der Waals surface area contributed by atoms with Gasteiger partial charge in [-0.05, 0) is 24.8 Å². The molecule has 1 aliphatic heterocycles. The molecule has 1 aromatic heterocycles. The Balaban J connectivity index is 2.20. The van der Waals surface area contributed by atoms with Crippen molar-refractivity contribution in [3.05, 3.63) is 33.7 Å². The molecule has 2 heterocycles. The van der Waals surface area contributed by atoms with E-state index >= 15 is 0 Å². The van der Waals surface area contributed by atoms with Gasteiger partial charge in [0.2, 0.25) is 5.56 Å². The van der Waals surface area contributed by atoms with Crippen molar-refractivity contribution in [2.45, 2.75) is 38.6 Å². The summed E-state index contributed by atoms with van der Waals surface area (Å²) in [5, 5.41) is 11.8. The van der Waals surface area contributed by atoms with Crippen molar-refractivity contribution in [2.75, 3.05) is 13.2 Å². The van der Waals surface area contributed by atoms with E-state index < -0.39 is 17.4 Å². The number of carboxylic acids is 1. The van der Waals surface area contributed by atoms with Crippen LogP contribution < -0.4 is 10.9 Å². The number of carboxylic acid groups (broad SMARTS) is 1. The average Bonchev–Trinajstić information content (AvgIpc) is 2.84. The summed E-state index contributed by atoms with van der Waals surface area (Å²) in [6.07, 6.45) is 0.883. The van der Waals surface area contributed by atoms with E-state index in [4.69, 9.17) is 9.84 Å². The summed E-state index contributed by atoms with van der Waals surface area (Å²) in [5.74, 6) is -1.11. The zero-order valence-electron chi connectivity index (χ0n) is 13.3. The van der Waals surface area contributed by atoms with Crippen molar-refractivity contribution in [1.82, 2.24) is 10.3 Å². The number of aromatic amines is 1. The first-order chi connectivity index (χ1) is 10.8. The van der Waals surface area contributed by atoms with Crippen LogP contribution in [-0.4, -0.2) is 40.7 Å². The quantitative estimate of drug-likeness (QED) is 0.722. The van der Waals surface area contributed by atoms with Crippen LogP contribution in [0.3, 0.4) is 0 Å². The van der Waals surface area contributed by atoms with Gasteiger partial charge in [0.05, 0.1) is 18.6 Å². The molecule has 1 fully saturated rings. The van der Waals surface area contributed by atoms with E-state index in [9.17, 15) is 14.4 Å². The lowest BCUT2D eigenvalue weighted by atomic mass is 9.93. The van der Waals surface area contributed by atoms with E-state index in [-0.39, 0.29) is 24.2 Å². The molecular formula is C16H22N2O5. The molecule has 0 saturated carbocycles. The molecule has 1 aromatic rings. The van der Waals surface area contributed by atoms with Gasteiger partial charge in [-0.3, -0.25) is 14.4 Å². The number of rotatable bonds is 6. The van der Waals surface area contributed by atoms with Gasteiger partial charge in [0.25, 0.3) is 5.91 Å². The number of ether oxygens (including phenoxy) is 1. The highest BCUT2D eigenvalue weighted by molar-refractivity contribution is 5.95. The largest absolute Gasteiger partial charge is 0.481 e. The number of pyridine rings is 1. The lowest BCUT2D eigenvalue weighted by Gasteiger charge is -2.27. The van der Waals surface area contributed by atoms with E-state index in [0.29, 0.717) is 31.1 Å². The molecule has 0 bridgehead atoms. The molecule has 126 valence electrons. The summed E-state index contributed by atoms with van der Waals surface area (Å²) in [5.41, 5.74) is -0.332. The van der Waals surface area contributed by atoms with Crippen LogP contribution in [0.1, 0.15) is 42.7 Å². The van der Waals surface area contributed by atoms with E-state index in [2.05, 4.69) is 10.3 Å². The number of nitrogens with one attached hydrogen (secondary N) is 2. The first-order valence-corrected chi connectivity index (χ1v) is 7.65. The standard InChI is InChI=1S/C16H22N2O5/c1-10(2)5-12-6-11(7-13(19)17-12)15(22)18-16(8-14(20)21)3-4-23-9-16/h6-7,10H,3-5,8-9H2,1-2H3,(H,17,19)(H,18,22)(H,20,21). The third-order valence-corrected chi connectivity index (χ3v) is 3.76. The van der Waals surface area contributed by atoms with Crippen LogP contribution in [-0.2, 0) is 16.0 Å². The van der Waals surface area contributed by atoms with Gasteiger partial charge >= 0.3 is 5.97 Å². The van der Waals surface area contributed by atoms with Crippen molar-refractivity contribution in [1.29, 1.82) is 0 Å². The third-order valence-electron chi connectivity index (χ3n) is 3.76. The Kier molecular flexibility index (Phi) is 5.20. The van der Waals surface area contributed by atoms with Crippen LogP contribution >= 0.6 is 0 Å². The Morgan fingerprint density at radius 2 is 2.17 bits per heavy atom. The fraction of sp³-hybridized carbons (Fsp3) is 0.562. The summed E-state index contributed by atoms with van der Waals surface area (Å²) >= 11 is 0. The topological polar surface area (TPSA) is 108 Å². The summed E-state index contributed by atoms with van der Waals surface area (Å²) in [6.45, 7) is 4.60. The molecule has 3 N–H and O–H groups in total. The van der Waals surface area contributed by atoms with Crippen LogP contribution in [0.2, 0.25) is 0 Å². The fourth-order valence-electron chi connectivity index (χ4n) is 2.77. The molecule has 1 unspecified atom stereocenters. The van der Waals surface area contributed by atoms with Gasteiger partial charge in [0, 0.05) is 23.9 Å². The van der Waals surface area contributed by atoms with E-state index in [0.717, 1.165) is 0 Å². The molecular weight excluding hydrogens is 300 g/mol.